The normalized spacial score (nSPS) is 13.6. The maximum atomic E-state index is 12.3. The number of aromatic nitrogens is 2. The first-order valence-electron chi connectivity index (χ1n) is 7.10. The van der Waals surface area contributed by atoms with Crippen molar-refractivity contribution in [2.24, 2.45) is 5.92 Å². The Morgan fingerprint density at radius 2 is 2.10 bits per heavy atom. The molecule has 0 aliphatic heterocycles. The summed E-state index contributed by atoms with van der Waals surface area (Å²) in [4.78, 5) is 0.0744. The van der Waals surface area contributed by atoms with Gasteiger partial charge in [0.05, 0.1) is 12.3 Å². The molecule has 7 heteroatoms. The summed E-state index contributed by atoms with van der Waals surface area (Å²) in [6, 6.07) is 0. The van der Waals surface area contributed by atoms with Crippen LogP contribution < -0.4 is 4.72 Å². The van der Waals surface area contributed by atoms with Crippen LogP contribution in [0.1, 0.15) is 50.9 Å². The summed E-state index contributed by atoms with van der Waals surface area (Å²) in [5.74, 6) is 0.342. The first-order valence-corrected chi connectivity index (χ1v) is 8.58. The van der Waals surface area contributed by atoms with E-state index in [0.29, 0.717) is 18.2 Å². The van der Waals surface area contributed by atoms with E-state index in [1.54, 1.807) is 6.92 Å². The molecule has 0 spiro atoms. The molecule has 3 N–H and O–H groups in total. The molecule has 0 radical (unpaired) electrons. The number of aliphatic hydroxyl groups excluding tert-OH is 1. The van der Waals surface area contributed by atoms with Gasteiger partial charge in [-0.15, -0.1) is 0 Å². The number of H-pyrrole nitrogens is 1. The van der Waals surface area contributed by atoms with Gasteiger partial charge in [0.1, 0.15) is 10.6 Å². The van der Waals surface area contributed by atoms with Gasteiger partial charge in [0, 0.05) is 6.54 Å². The van der Waals surface area contributed by atoms with Gasteiger partial charge in [-0.3, -0.25) is 5.10 Å². The Morgan fingerprint density at radius 3 is 2.65 bits per heavy atom. The minimum atomic E-state index is -3.62. The molecule has 0 fully saturated rings. The Hall–Kier alpha value is -0.920. The number of nitrogens with zero attached hydrogens (tertiary/aromatic N) is 1. The summed E-state index contributed by atoms with van der Waals surface area (Å²) < 4.78 is 27.2. The molecule has 0 saturated heterocycles. The fourth-order valence-electron chi connectivity index (χ4n) is 2.18. The van der Waals surface area contributed by atoms with E-state index >= 15 is 0 Å². The molecule has 0 aliphatic rings. The summed E-state index contributed by atoms with van der Waals surface area (Å²) in [6.07, 6.45) is 4.18. The van der Waals surface area contributed by atoms with Gasteiger partial charge in [-0.2, -0.15) is 5.10 Å². The zero-order valence-corrected chi connectivity index (χ0v) is 13.3. The van der Waals surface area contributed by atoms with Gasteiger partial charge in [-0.1, -0.05) is 33.1 Å². The molecule has 1 unspecified atom stereocenters. The molecular weight excluding hydrogens is 278 g/mol. The first-order chi connectivity index (χ1) is 9.46. The lowest BCUT2D eigenvalue weighted by Gasteiger charge is -2.15. The van der Waals surface area contributed by atoms with Crippen molar-refractivity contribution in [2.75, 3.05) is 6.54 Å². The summed E-state index contributed by atoms with van der Waals surface area (Å²) in [7, 11) is -3.62. The number of rotatable bonds is 9. The molecular formula is C13H25N3O3S. The van der Waals surface area contributed by atoms with Crippen LogP contribution in [-0.4, -0.2) is 30.3 Å². The van der Waals surface area contributed by atoms with Crippen molar-refractivity contribution in [3.63, 3.8) is 0 Å². The second kappa shape index (κ2) is 7.75. The van der Waals surface area contributed by atoms with Crippen LogP contribution in [0.4, 0.5) is 0 Å². The number of hydrogen-bond donors (Lipinski definition) is 3. The number of hydrogen-bond acceptors (Lipinski definition) is 4. The highest BCUT2D eigenvalue weighted by Gasteiger charge is 2.24. The average molecular weight is 303 g/mol. The minimum absolute atomic E-state index is 0.0744. The Kier molecular flexibility index (Phi) is 6.64. The van der Waals surface area contributed by atoms with Crippen molar-refractivity contribution in [3.05, 3.63) is 11.4 Å². The highest BCUT2D eigenvalue weighted by Crippen LogP contribution is 2.18. The zero-order chi connectivity index (χ0) is 15.2. The Bertz CT molecular complexity index is 511. The highest BCUT2D eigenvalue weighted by molar-refractivity contribution is 7.89. The summed E-state index contributed by atoms with van der Waals surface area (Å²) in [6.45, 7) is 5.85. The maximum Gasteiger partial charge on any atom is 0.244 e. The third kappa shape index (κ3) is 4.29. The van der Waals surface area contributed by atoms with Crippen LogP contribution in [0.2, 0.25) is 0 Å². The second-order valence-electron chi connectivity index (χ2n) is 5.05. The monoisotopic (exact) mass is 303 g/mol. The van der Waals surface area contributed by atoms with Crippen LogP contribution in [0.3, 0.4) is 0 Å². The van der Waals surface area contributed by atoms with E-state index in [1.807, 2.05) is 0 Å². The molecule has 1 aromatic heterocycles. The average Bonchev–Trinajstić information content (AvgIpc) is 2.81. The quantitative estimate of drug-likeness (QED) is 0.647. The largest absolute Gasteiger partial charge is 0.390 e. The molecule has 0 aromatic carbocycles. The fourth-order valence-corrected chi connectivity index (χ4v) is 3.64. The molecule has 1 rings (SSSR count). The molecule has 1 heterocycles. The SMILES string of the molecule is CCCCC(CC)CNS(=O)(=O)c1c(CO)n[nH]c1C. The Balaban J connectivity index is 2.77. The van der Waals surface area contributed by atoms with Gasteiger partial charge in [0.2, 0.25) is 10.0 Å². The number of unbranched alkanes of at least 4 members (excludes halogenated alkanes) is 1. The third-order valence-electron chi connectivity index (χ3n) is 3.49. The topological polar surface area (TPSA) is 95.1 Å². The lowest BCUT2D eigenvalue weighted by atomic mass is 10.00. The van der Waals surface area contributed by atoms with Gasteiger partial charge in [-0.05, 0) is 19.3 Å². The smallest absolute Gasteiger partial charge is 0.244 e. The molecule has 0 amide bonds. The summed E-state index contributed by atoms with van der Waals surface area (Å²) in [5.41, 5.74) is 0.611. The van der Waals surface area contributed by atoms with Crippen LogP contribution in [-0.2, 0) is 16.6 Å². The van der Waals surface area contributed by atoms with E-state index in [2.05, 4.69) is 28.8 Å². The van der Waals surface area contributed by atoms with Crippen molar-refractivity contribution < 1.29 is 13.5 Å². The van der Waals surface area contributed by atoms with Gasteiger partial charge in [0.25, 0.3) is 0 Å². The molecule has 1 atom stereocenters. The number of nitrogens with one attached hydrogen (secondary N) is 2. The molecule has 0 bridgehead atoms. The molecule has 0 saturated carbocycles. The van der Waals surface area contributed by atoms with Crippen molar-refractivity contribution in [3.8, 4) is 0 Å². The Labute approximate surface area is 121 Å². The van der Waals surface area contributed by atoms with Crippen LogP contribution in [0.5, 0.6) is 0 Å². The van der Waals surface area contributed by atoms with Gasteiger partial charge >= 0.3 is 0 Å². The number of sulfonamides is 1. The standard InChI is InChI=1S/C13H25N3O3S/c1-4-6-7-11(5-2)8-14-20(18,19)13-10(3)15-16-12(13)9-17/h11,14,17H,4-9H2,1-3H3,(H,15,16). The minimum Gasteiger partial charge on any atom is -0.390 e. The number of aliphatic hydroxyl groups is 1. The summed E-state index contributed by atoms with van der Waals surface area (Å²) >= 11 is 0. The maximum absolute atomic E-state index is 12.3. The van der Waals surface area contributed by atoms with E-state index in [9.17, 15) is 8.42 Å². The van der Waals surface area contributed by atoms with Crippen molar-refractivity contribution in [2.45, 2.75) is 58.0 Å². The van der Waals surface area contributed by atoms with E-state index in [1.165, 1.54) is 0 Å². The van der Waals surface area contributed by atoms with Crippen LogP contribution >= 0.6 is 0 Å². The van der Waals surface area contributed by atoms with Crippen molar-refractivity contribution in [1.82, 2.24) is 14.9 Å². The number of aromatic amines is 1. The van der Waals surface area contributed by atoms with E-state index in [4.69, 9.17) is 5.11 Å². The van der Waals surface area contributed by atoms with Crippen LogP contribution in [0.25, 0.3) is 0 Å². The van der Waals surface area contributed by atoms with E-state index < -0.39 is 16.6 Å². The van der Waals surface area contributed by atoms with E-state index in [0.717, 1.165) is 25.7 Å². The molecule has 20 heavy (non-hydrogen) atoms. The van der Waals surface area contributed by atoms with Crippen molar-refractivity contribution >= 4 is 10.0 Å². The lowest BCUT2D eigenvalue weighted by molar-refractivity contribution is 0.273. The van der Waals surface area contributed by atoms with Gasteiger partial charge in [0.15, 0.2) is 0 Å². The zero-order valence-electron chi connectivity index (χ0n) is 12.4. The molecule has 1 aromatic rings. The van der Waals surface area contributed by atoms with Crippen molar-refractivity contribution in [1.29, 1.82) is 0 Å². The predicted molar refractivity (Wildman–Crippen MR) is 77.7 cm³/mol. The molecule has 6 nitrogen and oxygen atoms in total. The number of aryl methyl sites for hydroxylation is 1. The fraction of sp³-hybridized carbons (Fsp3) is 0.769. The third-order valence-corrected chi connectivity index (χ3v) is 5.11. The first kappa shape index (κ1) is 17.1. The van der Waals surface area contributed by atoms with Crippen LogP contribution in [0.15, 0.2) is 4.90 Å². The lowest BCUT2D eigenvalue weighted by Crippen LogP contribution is -2.30. The molecule has 116 valence electrons. The predicted octanol–water partition coefficient (Wildman–Crippen LogP) is 1.71. The van der Waals surface area contributed by atoms with Crippen LogP contribution in [0, 0.1) is 12.8 Å². The second-order valence-corrected chi connectivity index (χ2v) is 6.75. The Morgan fingerprint density at radius 1 is 1.40 bits per heavy atom. The summed E-state index contributed by atoms with van der Waals surface area (Å²) in [5, 5.41) is 15.6. The van der Waals surface area contributed by atoms with Gasteiger partial charge in [-0.25, -0.2) is 13.1 Å². The van der Waals surface area contributed by atoms with E-state index in [-0.39, 0.29) is 10.6 Å². The molecule has 0 aliphatic carbocycles. The highest BCUT2D eigenvalue weighted by atomic mass is 32.2. The van der Waals surface area contributed by atoms with Gasteiger partial charge < -0.3 is 5.11 Å².